The summed E-state index contributed by atoms with van der Waals surface area (Å²) >= 11 is 0. The Morgan fingerprint density at radius 1 is 1.06 bits per heavy atom. The van der Waals surface area contributed by atoms with Crippen molar-refractivity contribution in [3.8, 4) is 0 Å². The van der Waals surface area contributed by atoms with Crippen LogP contribution in [-0.2, 0) is 0 Å². The van der Waals surface area contributed by atoms with E-state index in [1.807, 2.05) is 0 Å². The van der Waals surface area contributed by atoms with Gasteiger partial charge in [-0.15, -0.1) is 0 Å². The second kappa shape index (κ2) is 5.50. The van der Waals surface area contributed by atoms with Crippen LogP contribution in [0.3, 0.4) is 0 Å². The SMILES string of the molecule is CC(C1CCCCC1)N1CCNC2(CCCC2)C1. The molecule has 3 aliphatic rings. The van der Waals surface area contributed by atoms with Crippen molar-refractivity contribution in [3.63, 3.8) is 0 Å². The van der Waals surface area contributed by atoms with Crippen molar-refractivity contribution in [3.05, 3.63) is 0 Å². The van der Waals surface area contributed by atoms with Gasteiger partial charge in [0.25, 0.3) is 0 Å². The summed E-state index contributed by atoms with van der Waals surface area (Å²) < 4.78 is 0. The molecule has 2 heteroatoms. The highest BCUT2D eigenvalue weighted by molar-refractivity contribution is 4.99. The molecule has 0 aromatic carbocycles. The van der Waals surface area contributed by atoms with E-state index in [4.69, 9.17) is 0 Å². The zero-order valence-electron chi connectivity index (χ0n) is 12.1. The second-order valence-electron chi connectivity index (χ2n) is 7.02. The van der Waals surface area contributed by atoms with Gasteiger partial charge >= 0.3 is 0 Å². The second-order valence-corrected chi connectivity index (χ2v) is 7.02. The van der Waals surface area contributed by atoms with Gasteiger partial charge in [0.1, 0.15) is 0 Å². The first kappa shape index (κ1) is 12.9. The molecule has 0 amide bonds. The van der Waals surface area contributed by atoms with Crippen LogP contribution in [-0.4, -0.2) is 36.1 Å². The van der Waals surface area contributed by atoms with Crippen LogP contribution in [0.15, 0.2) is 0 Å². The van der Waals surface area contributed by atoms with Gasteiger partial charge in [-0.1, -0.05) is 32.1 Å². The summed E-state index contributed by atoms with van der Waals surface area (Å²) in [6.07, 6.45) is 13.1. The Kier molecular flexibility index (Phi) is 3.95. The molecule has 1 unspecified atom stereocenters. The fourth-order valence-electron chi connectivity index (χ4n) is 4.64. The van der Waals surface area contributed by atoms with Gasteiger partial charge in [0, 0.05) is 31.2 Å². The Hall–Kier alpha value is -0.0800. The van der Waals surface area contributed by atoms with E-state index in [0.717, 1.165) is 12.0 Å². The van der Waals surface area contributed by atoms with Crippen molar-refractivity contribution >= 4 is 0 Å². The quantitative estimate of drug-likeness (QED) is 0.810. The van der Waals surface area contributed by atoms with E-state index in [-0.39, 0.29) is 0 Å². The van der Waals surface area contributed by atoms with E-state index in [1.54, 1.807) is 0 Å². The summed E-state index contributed by atoms with van der Waals surface area (Å²) in [5.41, 5.74) is 0.501. The lowest BCUT2D eigenvalue weighted by Crippen LogP contribution is -2.61. The largest absolute Gasteiger partial charge is 0.309 e. The van der Waals surface area contributed by atoms with Crippen molar-refractivity contribution in [2.75, 3.05) is 19.6 Å². The van der Waals surface area contributed by atoms with Crippen molar-refractivity contribution in [1.82, 2.24) is 10.2 Å². The topological polar surface area (TPSA) is 15.3 Å². The number of piperazine rings is 1. The van der Waals surface area contributed by atoms with Gasteiger partial charge < -0.3 is 5.32 Å². The first-order chi connectivity index (χ1) is 8.79. The molecule has 3 rings (SSSR count). The van der Waals surface area contributed by atoms with E-state index >= 15 is 0 Å². The van der Waals surface area contributed by atoms with Gasteiger partial charge in [0.2, 0.25) is 0 Å². The Morgan fingerprint density at radius 2 is 1.78 bits per heavy atom. The molecule has 18 heavy (non-hydrogen) atoms. The van der Waals surface area contributed by atoms with Crippen LogP contribution in [0.2, 0.25) is 0 Å². The first-order valence-corrected chi connectivity index (χ1v) is 8.28. The maximum Gasteiger partial charge on any atom is 0.0309 e. The molecule has 2 nitrogen and oxygen atoms in total. The van der Waals surface area contributed by atoms with Crippen LogP contribution in [0, 0.1) is 5.92 Å². The molecule has 2 aliphatic carbocycles. The highest BCUT2D eigenvalue weighted by Gasteiger charge is 2.39. The normalized spacial score (nSPS) is 31.8. The Balaban J connectivity index is 1.60. The Labute approximate surface area is 113 Å². The summed E-state index contributed by atoms with van der Waals surface area (Å²) in [7, 11) is 0. The van der Waals surface area contributed by atoms with E-state index in [0.29, 0.717) is 5.54 Å². The minimum absolute atomic E-state index is 0.501. The van der Waals surface area contributed by atoms with Crippen LogP contribution < -0.4 is 5.32 Å². The fraction of sp³-hybridized carbons (Fsp3) is 1.00. The number of nitrogens with one attached hydrogen (secondary N) is 1. The summed E-state index contributed by atoms with van der Waals surface area (Å²) in [5.74, 6) is 0.982. The van der Waals surface area contributed by atoms with Crippen LogP contribution in [0.1, 0.15) is 64.7 Å². The van der Waals surface area contributed by atoms with Crippen molar-refractivity contribution in [2.24, 2.45) is 5.92 Å². The monoisotopic (exact) mass is 250 g/mol. The molecular formula is C16H30N2. The van der Waals surface area contributed by atoms with Crippen LogP contribution in [0.4, 0.5) is 0 Å². The molecule has 1 saturated heterocycles. The van der Waals surface area contributed by atoms with Gasteiger partial charge in [-0.2, -0.15) is 0 Å². The van der Waals surface area contributed by atoms with E-state index in [1.165, 1.54) is 77.4 Å². The third-order valence-corrected chi connectivity index (χ3v) is 5.87. The van der Waals surface area contributed by atoms with Crippen LogP contribution in [0.25, 0.3) is 0 Å². The minimum atomic E-state index is 0.501. The fourth-order valence-corrected chi connectivity index (χ4v) is 4.64. The number of rotatable bonds is 2. The zero-order chi connectivity index (χ0) is 12.4. The van der Waals surface area contributed by atoms with Crippen LogP contribution in [0.5, 0.6) is 0 Å². The van der Waals surface area contributed by atoms with Gasteiger partial charge in [-0.05, 0) is 38.5 Å². The Morgan fingerprint density at radius 3 is 2.50 bits per heavy atom. The lowest BCUT2D eigenvalue weighted by molar-refractivity contribution is 0.0629. The maximum atomic E-state index is 3.84. The number of nitrogens with zero attached hydrogens (tertiary/aromatic N) is 1. The average Bonchev–Trinajstić information content (AvgIpc) is 2.87. The molecule has 1 atom stereocenters. The van der Waals surface area contributed by atoms with Gasteiger partial charge in [0.15, 0.2) is 0 Å². The molecule has 0 radical (unpaired) electrons. The molecule has 1 spiro atoms. The summed E-state index contributed by atoms with van der Waals surface area (Å²) in [6.45, 7) is 6.32. The molecule has 104 valence electrons. The molecular weight excluding hydrogens is 220 g/mol. The minimum Gasteiger partial charge on any atom is -0.309 e. The standard InChI is InChI=1S/C16H30N2/c1-14(15-7-3-2-4-8-15)18-12-11-17-16(13-18)9-5-6-10-16/h14-15,17H,2-13H2,1H3. The highest BCUT2D eigenvalue weighted by Crippen LogP contribution is 2.35. The number of hydrogen-bond acceptors (Lipinski definition) is 2. The van der Waals surface area contributed by atoms with E-state index in [9.17, 15) is 0 Å². The lowest BCUT2D eigenvalue weighted by atomic mass is 9.82. The van der Waals surface area contributed by atoms with Crippen molar-refractivity contribution in [2.45, 2.75) is 76.3 Å². The smallest absolute Gasteiger partial charge is 0.0309 e. The number of hydrogen-bond donors (Lipinski definition) is 1. The van der Waals surface area contributed by atoms with Crippen molar-refractivity contribution in [1.29, 1.82) is 0 Å². The summed E-state index contributed by atoms with van der Waals surface area (Å²) in [5, 5.41) is 3.84. The average molecular weight is 250 g/mol. The molecule has 1 aliphatic heterocycles. The van der Waals surface area contributed by atoms with Gasteiger partial charge in [0.05, 0.1) is 0 Å². The third-order valence-electron chi connectivity index (χ3n) is 5.87. The highest BCUT2D eigenvalue weighted by atomic mass is 15.2. The van der Waals surface area contributed by atoms with Gasteiger partial charge in [-0.3, -0.25) is 4.90 Å². The summed E-state index contributed by atoms with van der Waals surface area (Å²) in [6, 6.07) is 0.824. The molecule has 0 aromatic rings. The Bertz CT molecular complexity index is 264. The predicted molar refractivity (Wildman–Crippen MR) is 76.8 cm³/mol. The molecule has 3 fully saturated rings. The zero-order valence-corrected chi connectivity index (χ0v) is 12.1. The maximum absolute atomic E-state index is 3.84. The molecule has 0 bridgehead atoms. The van der Waals surface area contributed by atoms with E-state index < -0.39 is 0 Å². The molecule has 1 heterocycles. The third kappa shape index (κ3) is 2.60. The predicted octanol–water partition coefficient (Wildman–Crippen LogP) is 3.17. The summed E-state index contributed by atoms with van der Waals surface area (Å²) in [4.78, 5) is 2.82. The first-order valence-electron chi connectivity index (χ1n) is 8.28. The lowest BCUT2D eigenvalue weighted by Gasteiger charge is -2.46. The molecule has 1 N–H and O–H groups in total. The van der Waals surface area contributed by atoms with Crippen LogP contribution >= 0.6 is 0 Å². The van der Waals surface area contributed by atoms with Gasteiger partial charge in [-0.25, -0.2) is 0 Å². The van der Waals surface area contributed by atoms with E-state index in [2.05, 4.69) is 17.1 Å². The van der Waals surface area contributed by atoms with Crippen molar-refractivity contribution < 1.29 is 0 Å². The molecule has 2 saturated carbocycles. The molecule has 0 aromatic heterocycles.